The van der Waals surface area contributed by atoms with Crippen LogP contribution in [-0.2, 0) is 20.9 Å². The summed E-state index contributed by atoms with van der Waals surface area (Å²) < 4.78 is 7.78. The second-order valence-corrected chi connectivity index (χ2v) is 9.44. The van der Waals surface area contributed by atoms with Gasteiger partial charge in [-0.25, -0.2) is 0 Å². The number of morpholine rings is 1. The van der Waals surface area contributed by atoms with E-state index in [1.807, 2.05) is 52.6 Å². The minimum atomic E-state index is 0.0611. The second-order valence-electron chi connectivity index (χ2n) is 8.42. The van der Waals surface area contributed by atoms with Crippen molar-refractivity contribution >= 4 is 34.5 Å². The molecule has 2 amide bonds. The van der Waals surface area contributed by atoms with Gasteiger partial charge in [0.15, 0.2) is 0 Å². The van der Waals surface area contributed by atoms with Crippen molar-refractivity contribution in [2.75, 3.05) is 31.9 Å². The third-order valence-corrected chi connectivity index (χ3v) is 6.92. The van der Waals surface area contributed by atoms with Crippen molar-refractivity contribution in [2.45, 2.75) is 56.8 Å². The van der Waals surface area contributed by atoms with Gasteiger partial charge in [0.05, 0.1) is 18.0 Å². The molecule has 7 heteroatoms. The molecule has 30 heavy (non-hydrogen) atoms. The van der Waals surface area contributed by atoms with E-state index in [4.69, 9.17) is 4.74 Å². The van der Waals surface area contributed by atoms with E-state index >= 15 is 0 Å². The maximum Gasteiger partial charge on any atom is 0.242 e. The molecule has 6 nitrogen and oxygen atoms in total. The number of aromatic nitrogens is 1. The first kappa shape index (κ1) is 21.2. The molecule has 162 valence electrons. The Morgan fingerprint density at radius 3 is 2.43 bits per heavy atom. The van der Waals surface area contributed by atoms with Crippen LogP contribution in [0.3, 0.4) is 0 Å². The zero-order valence-corrected chi connectivity index (χ0v) is 18.7. The molecular formula is C23H31N3O3S. The van der Waals surface area contributed by atoms with Crippen LogP contribution in [0.4, 0.5) is 0 Å². The SMILES string of the molecule is CC1CN(C(=O)Cn2cc(SCC(=O)N3CCCCC3)c3ccccc32)CC(C)O1. The van der Waals surface area contributed by atoms with Crippen LogP contribution in [0.1, 0.15) is 33.1 Å². The number of amides is 2. The molecule has 2 unspecified atom stereocenters. The maximum absolute atomic E-state index is 13.0. The van der Waals surface area contributed by atoms with E-state index < -0.39 is 0 Å². The third kappa shape index (κ3) is 4.83. The van der Waals surface area contributed by atoms with Crippen molar-refractivity contribution in [3.8, 4) is 0 Å². The van der Waals surface area contributed by atoms with Crippen LogP contribution < -0.4 is 0 Å². The number of hydrogen-bond donors (Lipinski definition) is 0. The number of para-hydroxylation sites is 1. The molecule has 2 aromatic rings. The first-order valence-corrected chi connectivity index (χ1v) is 11.9. The number of hydrogen-bond acceptors (Lipinski definition) is 4. The number of carbonyl (C=O) groups excluding carboxylic acids is 2. The smallest absolute Gasteiger partial charge is 0.242 e. The van der Waals surface area contributed by atoms with Gasteiger partial charge in [0, 0.05) is 48.2 Å². The van der Waals surface area contributed by atoms with E-state index in [-0.39, 0.29) is 24.0 Å². The summed E-state index contributed by atoms with van der Waals surface area (Å²) in [6, 6.07) is 8.12. The van der Waals surface area contributed by atoms with Crippen molar-refractivity contribution < 1.29 is 14.3 Å². The van der Waals surface area contributed by atoms with Gasteiger partial charge in [0.25, 0.3) is 0 Å². The summed E-state index contributed by atoms with van der Waals surface area (Å²) >= 11 is 1.58. The standard InChI is InChI=1S/C23H31N3O3S/c1-17-12-26(13-18(2)29-17)22(27)15-25-14-21(19-8-4-5-9-20(19)25)30-16-23(28)24-10-6-3-7-11-24/h4-5,8-9,14,17-18H,3,6-7,10-13,15-16H2,1-2H3. The lowest BCUT2D eigenvalue weighted by Gasteiger charge is -2.35. The zero-order chi connectivity index (χ0) is 21.1. The highest BCUT2D eigenvalue weighted by molar-refractivity contribution is 8.00. The lowest BCUT2D eigenvalue weighted by molar-refractivity contribution is -0.143. The van der Waals surface area contributed by atoms with E-state index in [0.29, 0.717) is 25.4 Å². The fourth-order valence-corrected chi connectivity index (χ4v) is 5.45. The van der Waals surface area contributed by atoms with Crippen molar-refractivity contribution in [1.82, 2.24) is 14.4 Å². The van der Waals surface area contributed by atoms with Crippen LogP contribution in [0, 0.1) is 0 Å². The Labute approximate surface area is 182 Å². The fraction of sp³-hybridized carbons (Fsp3) is 0.565. The van der Waals surface area contributed by atoms with E-state index in [0.717, 1.165) is 41.7 Å². The number of thioether (sulfide) groups is 1. The molecule has 2 saturated heterocycles. The predicted octanol–water partition coefficient (Wildman–Crippen LogP) is 3.38. The Bertz CT molecular complexity index is 896. The molecular weight excluding hydrogens is 398 g/mol. The Morgan fingerprint density at radius 2 is 1.70 bits per heavy atom. The summed E-state index contributed by atoms with van der Waals surface area (Å²) in [5.74, 6) is 0.767. The van der Waals surface area contributed by atoms with Gasteiger partial charge >= 0.3 is 0 Å². The van der Waals surface area contributed by atoms with Gasteiger partial charge in [-0.15, -0.1) is 11.8 Å². The van der Waals surface area contributed by atoms with Gasteiger partial charge in [-0.3, -0.25) is 9.59 Å². The molecule has 0 bridgehead atoms. The maximum atomic E-state index is 13.0. The second kappa shape index (κ2) is 9.43. The molecule has 2 aliphatic heterocycles. The average molecular weight is 430 g/mol. The molecule has 0 spiro atoms. The van der Waals surface area contributed by atoms with Gasteiger partial charge < -0.3 is 19.1 Å². The van der Waals surface area contributed by atoms with E-state index in [2.05, 4.69) is 6.07 Å². The normalized spacial score (nSPS) is 22.5. The van der Waals surface area contributed by atoms with Crippen LogP contribution >= 0.6 is 11.8 Å². The van der Waals surface area contributed by atoms with Crippen molar-refractivity contribution in [1.29, 1.82) is 0 Å². The summed E-state index contributed by atoms with van der Waals surface area (Å²) in [4.78, 5) is 30.5. The Hall–Kier alpha value is -1.99. The highest BCUT2D eigenvalue weighted by Crippen LogP contribution is 2.30. The minimum absolute atomic E-state index is 0.0611. The largest absolute Gasteiger partial charge is 0.372 e. The quantitative estimate of drug-likeness (QED) is 0.684. The number of likely N-dealkylation sites (tertiary alicyclic amines) is 1. The molecule has 2 fully saturated rings. The van der Waals surface area contributed by atoms with Gasteiger partial charge in [-0.2, -0.15) is 0 Å². The molecule has 4 rings (SSSR count). The van der Waals surface area contributed by atoms with E-state index in [1.54, 1.807) is 11.8 Å². The average Bonchev–Trinajstić information content (AvgIpc) is 3.09. The van der Waals surface area contributed by atoms with Gasteiger partial charge in [-0.1, -0.05) is 18.2 Å². The van der Waals surface area contributed by atoms with Gasteiger partial charge in [0.2, 0.25) is 11.8 Å². The van der Waals surface area contributed by atoms with E-state index in [9.17, 15) is 9.59 Å². The zero-order valence-electron chi connectivity index (χ0n) is 17.9. The molecule has 0 N–H and O–H groups in total. The summed E-state index contributed by atoms with van der Waals surface area (Å²) in [6.07, 6.45) is 5.59. The Morgan fingerprint density at radius 1 is 1.00 bits per heavy atom. The number of benzene rings is 1. The molecule has 2 aliphatic rings. The molecule has 2 atom stereocenters. The van der Waals surface area contributed by atoms with Crippen LogP contribution in [0.5, 0.6) is 0 Å². The number of carbonyl (C=O) groups is 2. The molecule has 0 radical (unpaired) electrons. The minimum Gasteiger partial charge on any atom is -0.372 e. The summed E-state index contributed by atoms with van der Waals surface area (Å²) in [5.41, 5.74) is 1.04. The van der Waals surface area contributed by atoms with E-state index in [1.165, 1.54) is 6.42 Å². The monoisotopic (exact) mass is 429 g/mol. The molecule has 0 saturated carbocycles. The lowest BCUT2D eigenvalue weighted by Crippen LogP contribution is -2.49. The molecule has 0 aliphatic carbocycles. The van der Waals surface area contributed by atoms with Crippen molar-refractivity contribution in [3.05, 3.63) is 30.5 Å². The number of rotatable bonds is 5. The van der Waals surface area contributed by atoms with Crippen LogP contribution in [0.25, 0.3) is 10.9 Å². The first-order valence-electron chi connectivity index (χ1n) is 10.9. The topological polar surface area (TPSA) is 54.8 Å². The van der Waals surface area contributed by atoms with Crippen molar-refractivity contribution in [3.63, 3.8) is 0 Å². The van der Waals surface area contributed by atoms with Crippen LogP contribution in [-0.4, -0.2) is 70.3 Å². The lowest BCUT2D eigenvalue weighted by atomic mass is 10.1. The summed E-state index contributed by atoms with van der Waals surface area (Å²) in [7, 11) is 0. The molecule has 1 aromatic carbocycles. The molecule has 1 aromatic heterocycles. The Balaban J connectivity index is 1.46. The number of fused-ring (bicyclic) bond motifs is 1. The van der Waals surface area contributed by atoms with Gasteiger partial charge in [-0.05, 0) is 39.2 Å². The highest BCUT2D eigenvalue weighted by atomic mass is 32.2. The number of nitrogens with zero attached hydrogens (tertiary/aromatic N) is 3. The highest BCUT2D eigenvalue weighted by Gasteiger charge is 2.26. The number of ether oxygens (including phenoxy) is 1. The van der Waals surface area contributed by atoms with Gasteiger partial charge in [0.1, 0.15) is 6.54 Å². The summed E-state index contributed by atoms with van der Waals surface area (Å²) in [6.45, 7) is 7.35. The predicted molar refractivity (Wildman–Crippen MR) is 120 cm³/mol. The van der Waals surface area contributed by atoms with Crippen LogP contribution in [0.15, 0.2) is 35.4 Å². The molecule has 3 heterocycles. The fourth-order valence-electron chi connectivity index (χ4n) is 4.46. The Kier molecular flexibility index (Phi) is 6.68. The van der Waals surface area contributed by atoms with Crippen LogP contribution in [0.2, 0.25) is 0 Å². The van der Waals surface area contributed by atoms with Crippen molar-refractivity contribution in [2.24, 2.45) is 0 Å². The first-order chi connectivity index (χ1) is 14.5. The third-order valence-electron chi connectivity index (χ3n) is 5.89. The summed E-state index contributed by atoms with van der Waals surface area (Å²) in [5, 5.41) is 1.10. The number of piperidine rings is 1.